The Kier molecular flexibility index (Phi) is 6.98. The first-order valence-corrected chi connectivity index (χ1v) is 11.7. The Balaban J connectivity index is 1.80. The Morgan fingerprint density at radius 1 is 0.912 bits per heavy atom. The van der Waals surface area contributed by atoms with Crippen molar-refractivity contribution in [2.75, 3.05) is 15.2 Å². The number of nitrogens with one attached hydrogen (secondary N) is 1. The molecule has 0 unspecified atom stereocenters. The zero-order valence-corrected chi connectivity index (χ0v) is 20.2. The fourth-order valence-electron chi connectivity index (χ4n) is 3.90. The Morgan fingerprint density at radius 3 is 2.09 bits per heavy atom. The number of aryl methyl sites for hydroxylation is 1. The lowest BCUT2D eigenvalue weighted by atomic mass is 10.1. The molecule has 7 heteroatoms. The van der Waals surface area contributed by atoms with Crippen molar-refractivity contribution in [2.24, 2.45) is 5.10 Å². The summed E-state index contributed by atoms with van der Waals surface area (Å²) in [5.41, 5.74) is 4.55. The first-order valence-electron chi connectivity index (χ1n) is 11.3. The van der Waals surface area contributed by atoms with Crippen molar-refractivity contribution in [1.29, 1.82) is 0 Å². The molecular weight excluding hydrogens is 448 g/mol. The molecule has 174 valence electrons. The molecule has 0 radical (unpaired) electrons. The van der Waals surface area contributed by atoms with Gasteiger partial charge in [-0.25, -0.2) is 5.01 Å². The van der Waals surface area contributed by atoms with Crippen LogP contribution in [-0.4, -0.2) is 17.5 Å². The highest BCUT2D eigenvalue weighted by Crippen LogP contribution is 2.39. The number of ketones is 1. The summed E-state index contributed by atoms with van der Waals surface area (Å²) in [6.07, 6.45) is 0.971. The highest BCUT2D eigenvalue weighted by Gasteiger charge is 2.39. The Labute approximate surface area is 204 Å². The standard InChI is InChI=1S/C27H27ClN4O2/c1-4-19-6-8-20(9-7-19)27-31(23-16-12-22(13-17-23)29-25(34)5-2)26(18(3)33)30-32(27)24-14-10-21(28)11-15-24/h6-17,27H,4-5H2,1-3H3,(H,29,34)/t27-/m1/s1. The zero-order valence-electron chi connectivity index (χ0n) is 19.5. The van der Waals surface area contributed by atoms with Gasteiger partial charge in [-0.15, -0.1) is 5.10 Å². The minimum atomic E-state index is -0.373. The van der Waals surface area contributed by atoms with E-state index in [0.717, 1.165) is 23.4 Å². The van der Waals surface area contributed by atoms with Gasteiger partial charge in [-0.1, -0.05) is 49.7 Å². The third kappa shape index (κ3) is 4.82. The molecule has 0 saturated carbocycles. The lowest BCUT2D eigenvalue weighted by molar-refractivity contribution is -0.116. The van der Waals surface area contributed by atoms with Gasteiger partial charge in [0.2, 0.25) is 5.91 Å². The second-order valence-electron chi connectivity index (χ2n) is 8.09. The highest BCUT2D eigenvalue weighted by atomic mass is 35.5. The van der Waals surface area contributed by atoms with E-state index in [0.29, 0.717) is 23.0 Å². The fraction of sp³-hybridized carbons (Fsp3) is 0.222. The lowest BCUT2D eigenvalue weighted by Gasteiger charge is -2.32. The van der Waals surface area contributed by atoms with Crippen LogP contribution in [0.1, 0.15) is 44.5 Å². The molecule has 4 rings (SSSR count). The maximum absolute atomic E-state index is 12.7. The number of hydrazone groups is 1. The Morgan fingerprint density at radius 2 is 1.53 bits per heavy atom. The van der Waals surface area contributed by atoms with Crippen molar-refractivity contribution in [3.05, 3.63) is 88.9 Å². The number of carbonyl (C=O) groups is 2. The first-order chi connectivity index (χ1) is 16.4. The van der Waals surface area contributed by atoms with Crippen LogP contribution in [0.2, 0.25) is 5.02 Å². The smallest absolute Gasteiger partial charge is 0.224 e. The van der Waals surface area contributed by atoms with Crippen molar-refractivity contribution in [3.8, 4) is 0 Å². The molecule has 0 aromatic heterocycles. The molecular formula is C27H27ClN4O2. The molecule has 1 N–H and O–H groups in total. The van der Waals surface area contributed by atoms with E-state index >= 15 is 0 Å². The summed E-state index contributed by atoms with van der Waals surface area (Å²) in [5.74, 6) is 0.141. The topological polar surface area (TPSA) is 65.0 Å². The van der Waals surface area contributed by atoms with Gasteiger partial charge in [-0.05, 0) is 66.1 Å². The number of benzene rings is 3. The van der Waals surface area contributed by atoms with Gasteiger partial charge in [0, 0.05) is 29.7 Å². The minimum Gasteiger partial charge on any atom is -0.326 e. The average Bonchev–Trinajstić information content (AvgIpc) is 3.26. The number of anilines is 3. The predicted octanol–water partition coefficient (Wildman–Crippen LogP) is 6.18. The monoisotopic (exact) mass is 474 g/mol. The van der Waals surface area contributed by atoms with E-state index in [1.807, 2.05) is 65.4 Å². The number of nitrogens with zero attached hydrogens (tertiary/aromatic N) is 3. The van der Waals surface area contributed by atoms with Crippen molar-refractivity contribution in [2.45, 2.75) is 39.8 Å². The van der Waals surface area contributed by atoms with Gasteiger partial charge in [0.25, 0.3) is 0 Å². The number of hydrogen-bond acceptors (Lipinski definition) is 5. The molecule has 6 nitrogen and oxygen atoms in total. The van der Waals surface area contributed by atoms with Gasteiger partial charge in [-0.2, -0.15) is 0 Å². The number of hydrogen-bond donors (Lipinski definition) is 1. The molecule has 0 spiro atoms. The maximum Gasteiger partial charge on any atom is 0.224 e. The van der Waals surface area contributed by atoms with Crippen molar-refractivity contribution < 1.29 is 9.59 Å². The molecule has 3 aromatic rings. The van der Waals surface area contributed by atoms with E-state index < -0.39 is 0 Å². The molecule has 0 fully saturated rings. The van der Waals surface area contributed by atoms with Crippen LogP contribution in [0, 0.1) is 0 Å². The highest BCUT2D eigenvalue weighted by molar-refractivity contribution is 6.44. The van der Waals surface area contributed by atoms with Crippen LogP contribution in [0.5, 0.6) is 0 Å². The van der Waals surface area contributed by atoms with Gasteiger partial charge < -0.3 is 5.32 Å². The first kappa shape index (κ1) is 23.5. The minimum absolute atomic E-state index is 0.0530. The molecule has 0 bridgehead atoms. The number of rotatable bonds is 7. The zero-order chi connectivity index (χ0) is 24.2. The van der Waals surface area contributed by atoms with Crippen LogP contribution in [-0.2, 0) is 16.0 Å². The molecule has 3 aromatic carbocycles. The van der Waals surface area contributed by atoms with E-state index in [1.54, 1.807) is 0 Å². The molecule has 34 heavy (non-hydrogen) atoms. The molecule has 1 amide bonds. The summed E-state index contributed by atoms with van der Waals surface area (Å²) in [6.45, 7) is 5.44. The van der Waals surface area contributed by atoms with Gasteiger partial charge >= 0.3 is 0 Å². The molecule has 1 heterocycles. The van der Waals surface area contributed by atoms with E-state index in [4.69, 9.17) is 16.7 Å². The molecule has 0 saturated heterocycles. The Bertz CT molecular complexity index is 1200. The second-order valence-corrected chi connectivity index (χ2v) is 8.52. The SMILES string of the molecule is CCC(=O)Nc1ccc(N2C(C(C)=O)=NN(c3ccc(Cl)cc3)[C@@H]2c2ccc(CC)cc2)cc1. The van der Waals surface area contributed by atoms with Gasteiger partial charge in [0.05, 0.1) is 5.69 Å². The summed E-state index contributed by atoms with van der Waals surface area (Å²) < 4.78 is 0. The number of amides is 1. The molecule has 1 aliphatic rings. The fourth-order valence-corrected chi connectivity index (χ4v) is 4.02. The van der Waals surface area contributed by atoms with Crippen molar-refractivity contribution in [3.63, 3.8) is 0 Å². The van der Waals surface area contributed by atoms with Gasteiger partial charge in [0.1, 0.15) is 0 Å². The number of amidine groups is 1. The van der Waals surface area contributed by atoms with Crippen LogP contribution in [0.25, 0.3) is 0 Å². The Hall–Kier alpha value is -3.64. The molecule has 0 aliphatic carbocycles. The van der Waals surface area contributed by atoms with Crippen LogP contribution in [0.4, 0.5) is 17.1 Å². The second kappa shape index (κ2) is 10.1. The third-order valence-electron chi connectivity index (χ3n) is 5.75. The number of Topliss-reactive ketones (excluding diaryl/α,β-unsaturated/α-hetero) is 1. The summed E-state index contributed by atoms with van der Waals surface area (Å²) in [4.78, 5) is 26.4. The summed E-state index contributed by atoms with van der Waals surface area (Å²) >= 11 is 6.12. The average molecular weight is 475 g/mol. The predicted molar refractivity (Wildman–Crippen MR) is 138 cm³/mol. The largest absolute Gasteiger partial charge is 0.326 e. The van der Waals surface area contributed by atoms with Crippen molar-refractivity contribution in [1.82, 2.24) is 0 Å². The third-order valence-corrected chi connectivity index (χ3v) is 6.00. The van der Waals surface area contributed by atoms with E-state index in [9.17, 15) is 9.59 Å². The van der Waals surface area contributed by atoms with Gasteiger partial charge in [-0.3, -0.25) is 14.5 Å². The molecule has 1 atom stereocenters. The van der Waals surface area contributed by atoms with E-state index in [2.05, 4.69) is 36.5 Å². The normalized spacial score (nSPS) is 15.3. The number of halogens is 1. The van der Waals surface area contributed by atoms with Crippen LogP contribution in [0.3, 0.4) is 0 Å². The van der Waals surface area contributed by atoms with Crippen LogP contribution < -0.4 is 15.2 Å². The van der Waals surface area contributed by atoms with Crippen LogP contribution in [0.15, 0.2) is 77.9 Å². The van der Waals surface area contributed by atoms with Gasteiger partial charge in [0.15, 0.2) is 17.8 Å². The summed E-state index contributed by atoms with van der Waals surface area (Å²) in [5, 5.41) is 10.1. The van der Waals surface area contributed by atoms with E-state index in [1.165, 1.54) is 12.5 Å². The molecule has 1 aliphatic heterocycles. The number of carbonyl (C=O) groups excluding carboxylic acids is 2. The van der Waals surface area contributed by atoms with Crippen molar-refractivity contribution >= 4 is 46.2 Å². The van der Waals surface area contributed by atoms with Crippen LogP contribution >= 0.6 is 11.6 Å². The summed E-state index contributed by atoms with van der Waals surface area (Å²) in [7, 11) is 0. The quantitative estimate of drug-likeness (QED) is 0.444. The maximum atomic E-state index is 12.7. The van der Waals surface area contributed by atoms with E-state index in [-0.39, 0.29) is 17.9 Å². The summed E-state index contributed by atoms with van der Waals surface area (Å²) in [6, 6.07) is 23.2. The lowest BCUT2D eigenvalue weighted by Crippen LogP contribution is -2.37.